The molecule has 1 aliphatic rings. The molecule has 4 heteroatoms. The number of carboxylic acid groups (broad SMARTS) is 1. The fraction of sp³-hybridized carbons (Fsp3) is 0.667. The van der Waals surface area contributed by atoms with Crippen molar-refractivity contribution < 1.29 is 9.90 Å². The topological polar surface area (TPSA) is 37.3 Å². The summed E-state index contributed by atoms with van der Waals surface area (Å²) in [7, 11) is 0. The number of halogens is 1. The molecule has 3 atom stereocenters. The Hall–Kier alpha value is -0.350. The molecule has 0 aliphatic heterocycles. The molecule has 3 unspecified atom stereocenters. The van der Waals surface area contributed by atoms with Crippen molar-refractivity contribution in [1.29, 1.82) is 0 Å². The maximum absolute atomic E-state index is 11.4. The molecule has 0 radical (unpaired) electrons. The molecule has 1 aromatic heterocycles. The Balaban J connectivity index is 2.09. The van der Waals surface area contributed by atoms with Gasteiger partial charge in [0.1, 0.15) is 0 Å². The van der Waals surface area contributed by atoms with E-state index >= 15 is 0 Å². The lowest BCUT2D eigenvalue weighted by Gasteiger charge is -2.35. The van der Waals surface area contributed by atoms with E-state index < -0.39 is 5.97 Å². The van der Waals surface area contributed by atoms with Crippen molar-refractivity contribution in [2.45, 2.75) is 39.5 Å². The van der Waals surface area contributed by atoms with Crippen LogP contribution in [-0.4, -0.2) is 11.1 Å². The first-order chi connectivity index (χ1) is 8.97. The van der Waals surface area contributed by atoms with Gasteiger partial charge in [0.2, 0.25) is 0 Å². The number of hydrogen-bond acceptors (Lipinski definition) is 2. The van der Waals surface area contributed by atoms with Crippen LogP contribution in [0.1, 0.15) is 38.0 Å². The van der Waals surface area contributed by atoms with Gasteiger partial charge in [-0.25, -0.2) is 0 Å². The molecule has 1 heterocycles. The Morgan fingerprint density at radius 1 is 1.47 bits per heavy atom. The van der Waals surface area contributed by atoms with Crippen molar-refractivity contribution in [3.63, 3.8) is 0 Å². The van der Waals surface area contributed by atoms with Gasteiger partial charge in [-0.2, -0.15) is 0 Å². The Morgan fingerprint density at radius 2 is 2.21 bits per heavy atom. The Labute approximate surface area is 127 Å². The highest BCUT2D eigenvalue weighted by atomic mass is 79.9. The maximum Gasteiger partial charge on any atom is 0.306 e. The van der Waals surface area contributed by atoms with Crippen LogP contribution in [0.25, 0.3) is 0 Å². The predicted molar refractivity (Wildman–Crippen MR) is 82.5 cm³/mol. The summed E-state index contributed by atoms with van der Waals surface area (Å²) in [6.45, 7) is 4.51. The Morgan fingerprint density at radius 3 is 2.74 bits per heavy atom. The van der Waals surface area contributed by atoms with E-state index in [0.717, 1.165) is 29.5 Å². The van der Waals surface area contributed by atoms with Crippen LogP contribution in [-0.2, 0) is 11.2 Å². The van der Waals surface area contributed by atoms with Gasteiger partial charge in [-0.1, -0.05) is 13.8 Å². The molecule has 0 saturated heterocycles. The summed E-state index contributed by atoms with van der Waals surface area (Å²) in [5.41, 5.74) is 0. The van der Waals surface area contributed by atoms with Crippen LogP contribution in [0.15, 0.2) is 15.9 Å². The van der Waals surface area contributed by atoms with Gasteiger partial charge in [0.05, 0.1) is 9.70 Å². The summed E-state index contributed by atoms with van der Waals surface area (Å²) in [6.07, 6.45) is 3.88. The third-order valence-corrected chi connectivity index (χ3v) is 6.02. The molecule has 1 N–H and O–H groups in total. The van der Waals surface area contributed by atoms with Crippen LogP contribution in [0.3, 0.4) is 0 Å². The lowest BCUT2D eigenvalue weighted by atomic mass is 9.69. The highest BCUT2D eigenvalue weighted by Gasteiger charge is 2.36. The largest absolute Gasteiger partial charge is 0.481 e. The fourth-order valence-electron chi connectivity index (χ4n) is 3.18. The van der Waals surface area contributed by atoms with E-state index in [2.05, 4.69) is 41.9 Å². The molecule has 0 amide bonds. The average molecular weight is 345 g/mol. The third-order valence-electron chi connectivity index (χ3n) is 4.38. The van der Waals surface area contributed by atoms with Crippen LogP contribution < -0.4 is 0 Å². The molecular formula is C15H21BrO2S. The minimum atomic E-state index is -0.608. The summed E-state index contributed by atoms with van der Waals surface area (Å²) in [4.78, 5) is 12.7. The smallest absolute Gasteiger partial charge is 0.306 e. The number of rotatable bonds is 4. The van der Waals surface area contributed by atoms with Crippen LogP contribution in [0.2, 0.25) is 0 Å². The number of aliphatic carboxylic acids is 1. The first-order valence-corrected chi connectivity index (χ1v) is 8.55. The van der Waals surface area contributed by atoms with E-state index in [1.807, 2.05) is 0 Å². The van der Waals surface area contributed by atoms with Gasteiger partial charge in [0.15, 0.2) is 0 Å². The molecule has 1 aliphatic carbocycles. The standard InChI is InChI=1S/C15H21BrO2S/c1-9(2)10-3-5-13(15(17)18)11(7-10)8-12-4-6-14(16)19-12/h4,6,9-11,13H,3,5,7-8H2,1-2H3,(H,17,18). The maximum atomic E-state index is 11.4. The van der Waals surface area contributed by atoms with Gasteiger partial charge in [-0.3, -0.25) is 4.79 Å². The van der Waals surface area contributed by atoms with Gasteiger partial charge < -0.3 is 5.11 Å². The average Bonchev–Trinajstić information content (AvgIpc) is 2.74. The zero-order valence-electron chi connectivity index (χ0n) is 11.4. The van der Waals surface area contributed by atoms with Crippen molar-refractivity contribution in [2.24, 2.45) is 23.7 Å². The molecule has 1 fully saturated rings. The van der Waals surface area contributed by atoms with Gasteiger partial charge >= 0.3 is 5.97 Å². The van der Waals surface area contributed by atoms with Crippen LogP contribution in [0, 0.1) is 23.7 Å². The SMILES string of the molecule is CC(C)C1CCC(C(=O)O)C(Cc2ccc(Br)s2)C1. The molecular weight excluding hydrogens is 324 g/mol. The molecule has 0 bridgehead atoms. The van der Waals surface area contributed by atoms with Crippen molar-refractivity contribution in [3.05, 3.63) is 20.8 Å². The fourth-order valence-corrected chi connectivity index (χ4v) is 4.75. The summed E-state index contributed by atoms with van der Waals surface area (Å²) in [5, 5.41) is 9.41. The lowest BCUT2D eigenvalue weighted by molar-refractivity contribution is -0.145. The minimum Gasteiger partial charge on any atom is -0.481 e. The summed E-state index contributed by atoms with van der Waals surface area (Å²) < 4.78 is 1.13. The monoisotopic (exact) mass is 344 g/mol. The van der Waals surface area contributed by atoms with Crippen molar-refractivity contribution >= 4 is 33.2 Å². The van der Waals surface area contributed by atoms with E-state index in [1.165, 1.54) is 4.88 Å². The van der Waals surface area contributed by atoms with Gasteiger partial charge in [0, 0.05) is 4.88 Å². The molecule has 1 saturated carbocycles. The third kappa shape index (κ3) is 3.82. The van der Waals surface area contributed by atoms with Crippen LogP contribution >= 0.6 is 27.3 Å². The van der Waals surface area contributed by atoms with E-state index in [4.69, 9.17) is 0 Å². The molecule has 0 aromatic carbocycles. The zero-order chi connectivity index (χ0) is 14.0. The van der Waals surface area contributed by atoms with Crippen molar-refractivity contribution in [1.82, 2.24) is 0 Å². The molecule has 2 nitrogen and oxygen atoms in total. The van der Waals surface area contributed by atoms with Gasteiger partial charge in [-0.15, -0.1) is 11.3 Å². The highest BCUT2D eigenvalue weighted by Crippen LogP contribution is 2.40. The minimum absolute atomic E-state index is 0.157. The van der Waals surface area contributed by atoms with E-state index in [-0.39, 0.29) is 5.92 Å². The highest BCUT2D eigenvalue weighted by molar-refractivity contribution is 9.11. The molecule has 106 valence electrons. The number of carboxylic acids is 1. The zero-order valence-corrected chi connectivity index (χ0v) is 13.8. The van der Waals surface area contributed by atoms with Crippen LogP contribution in [0.5, 0.6) is 0 Å². The second kappa shape index (κ2) is 6.40. The second-order valence-electron chi connectivity index (χ2n) is 5.93. The Kier molecular flexibility index (Phi) is 5.07. The quantitative estimate of drug-likeness (QED) is 0.849. The van der Waals surface area contributed by atoms with Crippen molar-refractivity contribution in [3.8, 4) is 0 Å². The molecule has 19 heavy (non-hydrogen) atoms. The summed E-state index contributed by atoms with van der Waals surface area (Å²) >= 11 is 5.21. The molecule has 0 spiro atoms. The number of thiophene rings is 1. The lowest BCUT2D eigenvalue weighted by Crippen LogP contribution is -2.33. The Bertz CT molecular complexity index is 441. The normalized spacial score (nSPS) is 27.7. The second-order valence-corrected chi connectivity index (χ2v) is 8.48. The van der Waals surface area contributed by atoms with E-state index in [9.17, 15) is 9.90 Å². The number of hydrogen-bond donors (Lipinski definition) is 1. The van der Waals surface area contributed by atoms with Gasteiger partial charge in [-0.05, 0) is 71.5 Å². The first kappa shape index (κ1) is 15.0. The predicted octanol–water partition coefficient (Wildman–Crippen LogP) is 4.83. The summed E-state index contributed by atoms with van der Waals surface area (Å²) in [5.74, 6) is 0.874. The summed E-state index contributed by atoms with van der Waals surface area (Å²) in [6, 6.07) is 4.17. The van der Waals surface area contributed by atoms with Crippen LogP contribution in [0.4, 0.5) is 0 Å². The van der Waals surface area contributed by atoms with E-state index in [1.54, 1.807) is 11.3 Å². The van der Waals surface area contributed by atoms with Gasteiger partial charge in [0.25, 0.3) is 0 Å². The van der Waals surface area contributed by atoms with Crippen molar-refractivity contribution in [2.75, 3.05) is 0 Å². The number of carbonyl (C=O) groups is 1. The molecule has 2 rings (SSSR count). The first-order valence-electron chi connectivity index (χ1n) is 6.94. The molecule has 1 aromatic rings. The van der Waals surface area contributed by atoms with E-state index in [0.29, 0.717) is 17.8 Å².